The number of carbonyl (C=O) groups is 2. The van der Waals surface area contributed by atoms with E-state index in [1.54, 1.807) is 24.4 Å². The molecule has 1 rings (SSSR count). The SMILES string of the molecule is NC(=O)CCN(Cc1ccccn1)C(=O)O. The zero-order valence-electron chi connectivity index (χ0n) is 8.67. The fraction of sp³-hybridized carbons (Fsp3) is 0.300. The van der Waals surface area contributed by atoms with Crippen molar-refractivity contribution < 1.29 is 14.7 Å². The summed E-state index contributed by atoms with van der Waals surface area (Å²) in [5.41, 5.74) is 5.59. The minimum absolute atomic E-state index is 0.0130. The van der Waals surface area contributed by atoms with Crippen molar-refractivity contribution in [1.82, 2.24) is 9.88 Å². The highest BCUT2D eigenvalue weighted by Gasteiger charge is 2.13. The Morgan fingerprint density at radius 1 is 1.44 bits per heavy atom. The van der Waals surface area contributed by atoms with Gasteiger partial charge in [-0.15, -0.1) is 0 Å². The van der Waals surface area contributed by atoms with E-state index >= 15 is 0 Å². The third-order valence-electron chi connectivity index (χ3n) is 1.98. The molecule has 6 nitrogen and oxygen atoms in total. The Morgan fingerprint density at radius 2 is 2.19 bits per heavy atom. The van der Waals surface area contributed by atoms with Crippen LogP contribution in [0.1, 0.15) is 12.1 Å². The summed E-state index contributed by atoms with van der Waals surface area (Å²) in [4.78, 5) is 26.5. The predicted octanol–water partition coefficient (Wildman–Crippen LogP) is 0.437. The third kappa shape index (κ3) is 3.95. The van der Waals surface area contributed by atoms with Crippen LogP contribution in [0.4, 0.5) is 4.79 Å². The summed E-state index contributed by atoms with van der Waals surface area (Å²) in [5.74, 6) is -0.521. The molecule has 2 amide bonds. The second-order valence-electron chi connectivity index (χ2n) is 3.24. The smallest absolute Gasteiger partial charge is 0.407 e. The number of aromatic nitrogens is 1. The van der Waals surface area contributed by atoms with Crippen LogP contribution >= 0.6 is 0 Å². The number of hydrogen-bond acceptors (Lipinski definition) is 3. The predicted molar refractivity (Wildman–Crippen MR) is 56.5 cm³/mol. The molecular weight excluding hydrogens is 210 g/mol. The molecule has 16 heavy (non-hydrogen) atoms. The molecule has 0 unspecified atom stereocenters. The van der Waals surface area contributed by atoms with Gasteiger partial charge in [-0.3, -0.25) is 9.78 Å². The molecule has 0 aliphatic carbocycles. The summed E-state index contributed by atoms with van der Waals surface area (Å²) in [6.07, 6.45) is 0.509. The van der Waals surface area contributed by atoms with E-state index in [2.05, 4.69) is 4.98 Å². The molecule has 0 aliphatic heterocycles. The molecule has 1 aromatic heterocycles. The molecule has 0 saturated carbocycles. The van der Waals surface area contributed by atoms with Gasteiger partial charge in [0.1, 0.15) is 0 Å². The number of primary amides is 1. The first-order valence-electron chi connectivity index (χ1n) is 4.75. The summed E-state index contributed by atoms with van der Waals surface area (Å²) in [6.45, 7) is 0.241. The van der Waals surface area contributed by atoms with Gasteiger partial charge in [0.05, 0.1) is 12.2 Å². The normalized spacial score (nSPS) is 9.75. The highest BCUT2D eigenvalue weighted by atomic mass is 16.4. The zero-order valence-corrected chi connectivity index (χ0v) is 8.67. The second kappa shape index (κ2) is 5.69. The lowest BCUT2D eigenvalue weighted by atomic mass is 10.3. The molecule has 0 aromatic carbocycles. The van der Waals surface area contributed by atoms with E-state index in [-0.39, 0.29) is 19.5 Å². The maximum absolute atomic E-state index is 10.9. The number of amides is 2. The molecule has 0 aliphatic rings. The molecular formula is C10H13N3O3. The van der Waals surface area contributed by atoms with Gasteiger partial charge in [0.2, 0.25) is 5.91 Å². The van der Waals surface area contributed by atoms with Crippen LogP contribution in [0.15, 0.2) is 24.4 Å². The van der Waals surface area contributed by atoms with E-state index in [0.29, 0.717) is 5.69 Å². The Hall–Kier alpha value is -2.11. The Kier molecular flexibility index (Phi) is 4.26. The molecule has 1 heterocycles. The van der Waals surface area contributed by atoms with Crippen molar-refractivity contribution in [2.45, 2.75) is 13.0 Å². The van der Waals surface area contributed by atoms with Gasteiger partial charge in [0, 0.05) is 19.2 Å². The first-order chi connectivity index (χ1) is 7.59. The number of carboxylic acid groups (broad SMARTS) is 1. The zero-order chi connectivity index (χ0) is 12.0. The highest BCUT2D eigenvalue weighted by molar-refractivity contribution is 5.74. The number of pyridine rings is 1. The maximum Gasteiger partial charge on any atom is 0.407 e. The average Bonchev–Trinajstić information content (AvgIpc) is 2.25. The fourth-order valence-electron chi connectivity index (χ4n) is 1.17. The lowest BCUT2D eigenvalue weighted by Gasteiger charge is -2.17. The van der Waals surface area contributed by atoms with Gasteiger partial charge in [-0.2, -0.15) is 0 Å². The van der Waals surface area contributed by atoms with Crippen molar-refractivity contribution in [2.24, 2.45) is 5.73 Å². The Labute approximate surface area is 92.7 Å². The van der Waals surface area contributed by atoms with Crippen LogP contribution in [0, 0.1) is 0 Å². The van der Waals surface area contributed by atoms with Gasteiger partial charge in [0.15, 0.2) is 0 Å². The molecule has 0 saturated heterocycles. The first-order valence-corrected chi connectivity index (χ1v) is 4.75. The monoisotopic (exact) mass is 223 g/mol. The van der Waals surface area contributed by atoms with E-state index in [4.69, 9.17) is 10.8 Å². The van der Waals surface area contributed by atoms with Crippen molar-refractivity contribution >= 4 is 12.0 Å². The van der Waals surface area contributed by atoms with Crippen LogP contribution < -0.4 is 5.73 Å². The fourth-order valence-corrected chi connectivity index (χ4v) is 1.17. The van der Waals surface area contributed by atoms with Gasteiger partial charge in [-0.25, -0.2) is 4.79 Å². The number of rotatable bonds is 5. The number of carbonyl (C=O) groups excluding carboxylic acids is 1. The van der Waals surface area contributed by atoms with Crippen LogP contribution in [0.2, 0.25) is 0 Å². The Balaban J connectivity index is 2.58. The van der Waals surface area contributed by atoms with Gasteiger partial charge in [-0.1, -0.05) is 6.07 Å². The number of nitrogens with zero attached hydrogens (tertiary/aromatic N) is 2. The van der Waals surface area contributed by atoms with E-state index < -0.39 is 12.0 Å². The Bertz CT molecular complexity index is 367. The molecule has 1 aromatic rings. The second-order valence-corrected chi connectivity index (χ2v) is 3.24. The molecule has 0 spiro atoms. The summed E-state index contributed by atoms with van der Waals surface area (Å²) >= 11 is 0. The van der Waals surface area contributed by atoms with E-state index in [9.17, 15) is 9.59 Å². The molecule has 0 atom stereocenters. The third-order valence-corrected chi connectivity index (χ3v) is 1.98. The van der Waals surface area contributed by atoms with Crippen LogP contribution in [-0.2, 0) is 11.3 Å². The molecule has 0 radical (unpaired) electrons. The van der Waals surface area contributed by atoms with Crippen molar-refractivity contribution in [3.05, 3.63) is 30.1 Å². The van der Waals surface area contributed by atoms with E-state index in [1.807, 2.05) is 0 Å². The van der Waals surface area contributed by atoms with E-state index in [0.717, 1.165) is 4.90 Å². The summed E-state index contributed by atoms with van der Waals surface area (Å²) in [5, 5.41) is 8.89. The van der Waals surface area contributed by atoms with Crippen molar-refractivity contribution in [1.29, 1.82) is 0 Å². The lowest BCUT2D eigenvalue weighted by Crippen LogP contribution is -2.32. The molecule has 3 N–H and O–H groups in total. The minimum atomic E-state index is -1.09. The minimum Gasteiger partial charge on any atom is -0.465 e. The lowest BCUT2D eigenvalue weighted by molar-refractivity contribution is -0.118. The largest absolute Gasteiger partial charge is 0.465 e. The Morgan fingerprint density at radius 3 is 2.69 bits per heavy atom. The molecule has 6 heteroatoms. The van der Waals surface area contributed by atoms with Crippen LogP contribution in [-0.4, -0.2) is 33.5 Å². The van der Waals surface area contributed by atoms with E-state index in [1.165, 1.54) is 0 Å². The van der Waals surface area contributed by atoms with Crippen molar-refractivity contribution in [2.75, 3.05) is 6.54 Å². The number of nitrogens with two attached hydrogens (primary N) is 1. The number of hydrogen-bond donors (Lipinski definition) is 2. The van der Waals surface area contributed by atoms with Crippen molar-refractivity contribution in [3.63, 3.8) is 0 Å². The van der Waals surface area contributed by atoms with Gasteiger partial charge in [-0.05, 0) is 12.1 Å². The van der Waals surface area contributed by atoms with Gasteiger partial charge >= 0.3 is 6.09 Å². The quantitative estimate of drug-likeness (QED) is 0.756. The molecule has 86 valence electrons. The highest BCUT2D eigenvalue weighted by Crippen LogP contribution is 2.02. The van der Waals surface area contributed by atoms with Gasteiger partial charge < -0.3 is 15.7 Å². The summed E-state index contributed by atoms with van der Waals surface area (Å²) in [6, 6.07) is 5.24. The standard InChI is InChI=1S/C10H13N3O3/c11-9(14)4-6-13(10(15)16)7-8-3-1-2-5-12-8/h1-3,5H,4,6-7H2,(H2,11,14)(H,15,16). The van der Waals surface area contributed by atoms with Gasteiger partial charge in [0.25, 0.3) is 0 Å². The summed E-state index contributed by atoms with van der Waals surface area (Å²) in [7, 11) is 0. The van der Waals surface area contributed by atoms with Crippen molar-refractivity contribution in [3.8, 4) is 0 Å². The molecule has 0 bridgehead atoms. The van der Waals surface area contributed by atoms with Crippen LogP contribution in [0.5, 0.6) is 0 Å². The maximum atomic E-state index is 10.9. The molecule has 0 fully saturated rings. The van der Waals surface area contributed by atoms with Crippen LogP contribution in [0.3, 0.4) is 0 Å². The first kappa shape index (κ1) is 12.0. The van der Waals surface area contributed by atoms with Crippen LogP contribution in [0.25, 0.3) is 0 Å². The topological polar surface area (TPSA) is 96.5 Å². The average molecular weight is 223 g/mol. The summed E-state index contributed by atoms with van der Waals surface area (Å²) < 4.78 is 0.